The molecule has 3 aliphatic heterocycles. The first-order chi connectivity index (χ1) is 31.3. The van der Waals surface area contributed by atoms with Crippen LogP contribution < -0.4 is 10.1 Å². The highest BCUT2D eigenvalue weighted by molar-refractivity contribution is 6.23. The second kappa shape index (κ2) is 20.2. The van der Waals surface area contributed by atoms with Gasteiger partial charge < -0.3 is 54.6 Å². The van der Waals surface area contributed by atoms with E-state index in [9.17, 15) is 39.9 Å². The van der Waals surface area contributed by atoms with Crippen molar-refractivity contribution in [1.82, 2.24) is 0 Å². The van der Waals surface area contributed by atoms with E-state index in [1.165, 1.54) is 53.2 Å². The van der Waals surface area contributed by atoms with E-state index in [-0.39, 0.29) is 44.5 Å². The number of carbonyl (C=O) groups is 3. The van der Waals surface area contributed by atoms with Crippen LogP contribution in [0.2, 0.25) is 0 Å². The third-order valence-electron chi connectivity index (χ3n) is 12.6. The molecule has 5 bridgehead atoms. The molecule has 0 spiro atoms. The number of Topliss-reactive ketones (excluding diaryl/α,β-unsaturated/α-hetero) is 1. The molecule has 1 amide bonds. The normalized spacial score (nSPS) is 28.1. The number of aliphatic hydroxyl groups is 2. The van der Waals surface area contributed by atoms with Gasteiger partial charge in [0.25, 0.3) is 11.7 Å². The van der Waals surface area contributed by atoms with Crippen molar-refractivity contribution in [2.24, 2.45) is 28.8 Å². The number of aliphatic hydroxyl groups excluding tert-OH is 2. The minimum absolute atomic E-state index is 0.0184. The minimum atomic E-state index is -2.10. The summed E-state index contributed by atoms with van der Waals surface area (Å²) < 4.78 is 23.7. The molecule has 15 nitrogen and oxygen atoms in total. The molecule has 9 atom stereocenters. The molecule has 0 saturated heterocycles. The van der Waals surface area contributed by atoms with Crippen LogP contribution in [0.3, 0.4) is 0 Å². The number of esters is 1. The summed E-state index contributed by atoms with van der Waals surface area (Å²) in [7, 11) is 1.43. The third kappa shape index (κ3) is 9.64. The molecular weight excluding hydrogens is 849 g/mol. The van der Waals surface area contributed by atoms with Crippen LogP contribution in [0.25, 0.3) is 10.8 Å². The number of phenolic OH excluding ortho intramolecular Hbond substituents is 3. The number of allylic oxidation sites excluding steroid dienone is 2. The maximum absolute atomic E-state index is 14.6. The van der Waals surface area contributed by atoms with Crippen molar-refractivity contribution in [1.29, 1.82) is 0 Å². The molecule has 3 heterocycles. The maximum Gasteiger partial charge on any atom is 0.312 e. The first kappa shape index (κ1) is 48.8. The van der Waals surface area contributed by atoms with Gasteiger partial charge in [-0.15, -0.1) is 0 Å². The Kier molecular flexibility index (Phi) is 14.9. The number of ketones is 1. The second-order valence-corrected chi connectivity index (χ2v) is 17.2. The Morgan fingerprint density at radius 1 is 0.848 bits per heavy atom. The molecule has 4 aromatic rings. The number of anilines is 1. The zero-order valence-corrected chi connectivity index (χ0v) is 38.4. The Balaban J connectivity index is 1.53. The molecule has 9 unspecified atom stereocenters. The highest BCUT2D eigenvalue weighted by atomic mass is 16.7. The van der Waals surface area contributed by atoms with Gasteiger partial charge in [0.15, 0.2) is 11.9 Å². The lowest BCUT2D eigenvalue weighted by molar-refractivity contribution is -0.160. The molecule has 0 aromatic heterocycles. The van der Waals surface area contributed by atoms with Gasteiger partial charge in [0.1, 0.15) is 23.4 Å². The van der Waals surface area contributed by atoms with Crippen molar-refractivity contribution in [3.8, 4) is 23.0 Å². The Labute approximate surface area is 383 Å². The molecule has 66 heavy (non-hydrogen) atoms. The average molecular weight is 907 g/mol. The molecule has 0 saturated carbocycles. The lowest BCUT2D eigenvalue weighted by Gasteiger charge is -2.38. The highest BCUT2D eigenvalue weighted by Gasteiger charge is 2.50. The van der Waals surface area contributed by atoms with E-state index in [1.807, 2.05) is 60.7 Å². The van der Waals surface area contributed by atoms with Gasteiger partial charge in [0.05, 0.1) is 53.0 Å². The molecule has 3 aliphatic rings. The predicted octanol–water partition coefficient (Wildman–Crippen LogP) is 7.89. The van der Waals surface area contributed by atoms with Crippen LogP contribution in [0.5, 0.6) is 23.0 Å². The van der Waals surface area contributed by atoms with Gasteiger partial charge in [-0.1, -0.05) is 112 Å². The van der Waals surface area contributed by atoms with Crippen molar-refractivity contribution < 1.29 is 63.7 Å². The number of hydrogen-bond acceptors (Lipinski definition) is 14. The van der Waals surface area contributed by atoms with Crippen LogP contribution in [0.4, 0.5) is 5.69 Å². The van der Waals surface area contributed by atoms with Crippen LogP contribution in [0, 0.1) is 30.6 Å². The molecule has 4 aromatic carbocycles. The summed E-state index contributed by atoms with van der Waals surface area (Å²) in [5.41, 5.74) is 0.756. The number of methoxy groups -OCH3 is 1. The maximum atomic E-state index is 14.6. The van der Waals surface area contributed by atoms with E-state index in [0.29, 0.717) is 0 Å². The van der Waals surface area contributed by atoms with Gasteiger partial charge in [0, 0.05) is 61.2 Å². The molecule has 15 heteroatoms. The minimum Gasteiger partial charge on any atom is -0.507 e. The van der Waals surface area contributed by atoms with Crippen molar-refractivity contribution in [3.63, 3.8) is 0 Å². The van der Waals surface area contributed by atoms with E-state index < -0.39 is 94.9 Å². The third-order valence-corrected chi connectivity index (χ3v) is 12.6. The monoisotopic (exact) mass is 906 g/mol. The fourth-order valence-electron chi connectivity index (χ4n) is 8.59. The Bertz CT molecular complexity index is 2530. The number of nitrogens with zero attached hydrogens (tertiary/aromatic N) is 1. The van der Waals surface area contributed by atoms with Crippen LogP contribution >= 0.6 is 0 Å². The molecule has 0 aliphatic carbocycles. The standard InChI is InChI=1S/C51H58N2O13/c1-26-17-16-18-27(2)50(61)53-40-35(25-52-66-48(33-19-12-10-13-20-33)34-21-14-11-15-22-34)44(58)37-38(45(40)59)43(57)31(6)47-39(37)49(60)51(8,65-47)63-24-23-36(62-9)28(3)46(64-32(7)54)30(5)42(56)29(4)41(26)55/h10-26,28-30,36,41-42,46,48,55-59H,1-9H3,(H,53,61)/b17-16+,24-23+,27-18-,52-25+. The summed E-state index contributed by atoms with van der Waals surface area (Å²) in [4.78, 5) is 47.0. The quantitative estimate of drug-likeness (QED) is 0.0342. The lowest BCUT2D eigenvalue weighted by atomic mass is 9.78. The zero-order chi connectivity index (χ0) is 48.2. The Morgan fingerprint density at radius 3 is 2.06 bits per heavy atom. The topological polar surface area (TPSA) is 223 Å². The van der Waals surface area contributed by atoms with Crippen molar-refractivity contribution in [2.75, 3.05) is 12.4 Å². The molecule has 0 fully saturated rings. The van der Waals surface area contributed by atoms with E-state index in [0.717, 1.165) is 17.3 Å². The van der Waals surface area contributed by atoms with E-state index in [1.54, 1.807) is 39.8 Å². The number of oxime groups is 1. The number of fused-ring (bicyclic) bond motifs is 14. The van der Waals surface area contributed by atoms with Crippen molar-refractivity contribution in [3.05, 3.63) is 125 Å². The van der Waals surface area contributed by atoms with Crippen LogP contribution in [-0.4, -0.2) is 86.7 Å². The van der Waals surface area contributed by atoms with Gasteiger partial charge in [-0.25, -0.2) is 0 Å². The number of carbonyl (C=O) groups excluding carboxylic acids is 3. The predicted molar refractivity (Wildman–Crippen MR) is 247 cm³/mol. The smallest absolute Gasteiger partial charge is 0.312 e. The van der Waals surface area contributed by atoms with Gasteiger partial charge >= 0.3 is 11.8 Å². The molecule has 350 valence electrons. The fourth-order valence-corrected chi connectivity index (χ4v) is 8.59. The SMILES string of the molecule is COC1/C=C/OC2(C)Oc3c(C)c(O)c4c(O)c(c(/C=N/OC(c5ccccc5)c5ccccc5)c(O)c4c3C2=O)NC(=O)/C(C)=C\C=C\C(C)C(O)C(C)C(O)C(C)C(OC(C)=O)C1C. The van der Waals surface area contributed by atoms with E-state index in [2.05, 4.69) is 10.5 Å². The van der Waals surface area contributed by atoms with Crippen LogP contribution in [0.15, 0.2) is 102 Å². The van der Waals surface area contributed by atoms with E-state index in [4.69, 9.17) is 23.8 Å². The van der Waals surface area contributed by atoms with Crippen LogP contribution in [-0.2, 0) is 28.6 Å². The fraction of sp³-hybridized carbons (Fsp3) is 0.373. The number of phenols is 3. The summed E-state index contributed by atoms with van der Waals surface area (Å²) >= 11 is 0. The largest absolute Gasteiger partial charge is 0.507 e. The summed E-state index contributed by atoms with van der Waals surface area (Å²) in [5.74, 6) is -8.88. The van der Waals surface area contributed by atoms with E-state index >= 15 is 0 Å². The molecule has 6 N–H and O–H groups in total. The van der Waals surface area contributed by atoms with Gasteiger partial charge in [-0.2, -0.15) is 0 Å². The lowest BCUT2D eigenvalue weighted by Crippen LogP contribution is -2.46. The summed E-state index contributed by atoms with van der Waals surface area (Å²) in [6.07, 6.45) is 3.74. The summed E-state index contributed by atoms with van der Waals surface area (Å²) in [6, 6.07) is 18.5. The van der Waals surface area contributed by atoms with Gasteiger partial charge in [-0.05, 0) is 31.1 Å². The Morgan fingerprint density at radius 2 is 1.47 bits per heavy atom. The number of aromatic hydroxyl groups is 3. The first-order valence-corrected chi connectivity index (χ1v) is 21.7. The summed E-state index contributed by atoms with van der Waals surface area (Å²) in [6.45, 7) is 12.4. The molecular formula is C51H58N2O13. The first-order valence-electron chi connectivity index (χ1n) is 21.7. The highest BCUT2D eigenvalue weighted by Crippen LogP contribution is 2.55. The number of benzene rings is 4. The number of rotatable bonds is 7. The van der Waals surface area contributed by atoms with Gasteiger partial charge in [0.2, 0.25) is 0 Å². The second-order valence-electron chi connectivity index (χ2n) is 17.2. The van der Waals surface area contributed by atoms with Crippen LogP contribution in [0.1, 0.15) is 87.2 Å². The number of hydrogen-bond donors (Lipinski definition) is 6. The number of ether oxygens (including phenoxy) is 4. The summed E-state index contributed by atoms with van der Waals surface area (Å²) in [5, 5.41) is 65.3. The number of nitrogens with one attached hydrogen (secondary N) is 1. The average Bonchev–Trinajstić information content (AvgIpc) is 3.57. The van der Waals surface area contributed by atoms with Crippen molar-refractivity contribution >= 4 is 40.3 Å². The molecule has 0 radical (unpaired) electrons. The molecule has 7 rings (SSSR count). The zero-order valence-electron chi connectivity index (χ0n) is 38.4. The van der Waals surface area contributed by atoms with Gasteiger partial charge in [-0.3, -0.25) is 14.4 Å². The Hall–Kier alpha value is -6.68. The number of amides is 1. The van der Waals surface area contributed by atoms with Crippen molar-refractivity contribution in [2.45, 2.75) is 91.7 Å².